The molecule has 1 spiro atoms. The summed E-state index contributed by atoms with van der Waals surface area (Å²) in [7, 11) is -4.29. The number of aliphatic hydroxyl groups excluding tert-OH is 1. The van der Waals surface area contributed by atoms with Gasteiger partial charge in [-0.3, -0.25) is 23.7 Å². The van der Waals surface area contributed by atoms with Gasteiger partial charge >= 0.3 is 13.7 Å². The number of alkyl carbamates (subject to hydrolysis) is 1. The zero-order valence-corrected chi connectivity index (χ0v) is 30.6. The minimum absolute atomic E-state index is 0.0854. The van der Waals surface area contributed by atoms with Crippen LogP contribution in [0.25, 0.3) is 0 Å². The standard InChI is InChI=1S/C34H50ClN4O10P/c1-4-48-50(46,49-5-2)32(44)28(20-26-29(41)34(38-30(26)42)14-16-39(17-15-34)22(3)40)36-31(43)27(19-23-10-7-6-8-11-23)37-33(45)47-21-24-12-9-13-25(35)18-24/h9,12-13,18,23,26-28,32,44H,4-8,10-11,14-17,19-21H2,1-3H3,(H,36,43)(H,37,45)(H,38,42)/t26?,27-,28?,32?/m0/s1. The molecule has 1 saturated carbocycles. The van der Waals surface area contributed by atoms with Crippen molar-refractivity contribution in [2.75, 3.05) is 26.3 Å². The first-order valence-corrected chi connectivity index (χ1v) is 19.5. The summed E-state index contributed by atoms with van der Waals surface area (Å²) >= 11 is 6.05. The third kappa shape index (κ3) is 10.1. The first-order chi connectivity index (χ1) is 23.8. The SMILES string of the molecule is CCOP(=O)(OCC)C(O)C(CC1C(=O)NC2(CCN(C(C)=O)CC2)C1=O)NC(=O)[C@H](CC1CCCCC1)NC(=O)OCc1cccc(Cl)c1. The van der Waals surface area contributed by atoms with E-state index in [1.807, 2.05) is 0 Å². The van der Waals surface area contributed by atoms with Crippen molar-refractivity contribution in [3.8, 4) is 0 Å². The van der Waals surface area contributed by atoms with E-state index in [0.717, 1.165) is 32.1 Å². The Hall–Kier alpha value is -3.03. The highest BCUT2D eigenvalue weighted by molar-refractivity contribution is 7.54. The van der Waals surface area contributed by atoms with Crippen LogP contribution in [-0.2, 0) is 44.1 Å². The van der Waals surface area contributed by atoms with E-state index in [-0.39, 0.29) is 64.0 Å². The maximum absolute atomic E-state index is 14.1. The number of nitrogens with zero attached hydrogens (tertiary/aromatic N) is 1. The number of amides is 4. The quantitative estimate of drug-likeness (QED) is 0.151. The highest BCUT2D eigenvalue weighted by atomic mass is 35.5. The molecule has 0 radical (unpaired) electrons. The fourth-order valence-corrected chi connectivity index (χ4v) is 9.09. The smallest absolute Gasteiger partial charge is 0.408 e. The van der Waals surface area contributed by atoms with E-state index in [1.54, 1.807) is 43.0 Å². The third-order valence-corrected chi connectivity index (χ3v) is 12.3. The van der Waals surface area contributed by atoms with Gasteiger partial charge in [-0.15, -0.1) is 0 Å². The van der Waals surface area contributed by atoms with Crippen LogP contribution >= 0.6 is 19.2 Å². The fraction of sp³-hybridized carbons (Fsp3) is 0.676. The lowest BCUT2D eigenvalue weighted by Crippen LogP contribution is -2.55. The van der Waals surface area contributed by atoms with Crippen molar-refractivity contribution in [3.63, 3.8) is 0 Å². The van der Waals surface area contributed by atoms with Gasteiger partial charge in [-0.2, -0.15) is 0 Å². The summed E-state index contributed by atoms with van der Waals surface area (Å²) in [5.41, 5.74) is -0.551. The summed E-state index contributed by atoms with van der Waals surface area (Å²) in [5, 5.41) is 20.2. The number of carbonyl (C=O) groups is 5. The molecule has 1 aliphatic carbocycles. The van der Waals surface area contributed by atoms with Crippen molar-refractivity contribution >= 4 is 48.8 Å². The predicted octanol–water partition coefficient (Wildman–Crippen LogP) is 4.06. The molecule has 3 fully saturated rings. The third-order valence-electron chi connectivity index (χ3n) is 9.81. The van der Waals surface area contributed by atoms with Gasteiger partial charge in [-0.1, -0.05) is 55.8 Å². The molecule has 4 atom stereocenters. The molecule has 4 N–H and O–H groups in total. The number of nitrogens with one attached hydrogen (secondary N) is 3. The monoisotopic (exact) mass is 740 g/mol. The maximum Gasteiger partial charge on any atom is 0.408 e. The molecule has 4 rings (SSSR count). The maximum atomic E-state index is 14.1. The number of hydrogen-bond donors (Lipinski definition) is 4. The van der Waals surface area contributed by atoms with E-state index in [2.05, 4.69) is 16.0 Å². The molecule has 16 heteroatoms. The summed E-state index contributed by atoms with van der Waals surface area (Å²) in [6, 6.07) is 4.24. The molecule has 0 bridgehead atoms. The Labute approximate surface area is 298 Å². The topological polar surface area (TPSA) is 190 Å². The predicted molar refractivity (Wildman–Crippen MR) is 184 cm³/mol. The Morgan fingerprint density at radius 2 is 1.72 bits per heavy atom. The van der Waals surface area contributed by atoms with Gasteiger partial charge in [0.15, 0.2) is 11.6 Å². The minimum Gasteiger partial charge on any atom is -0.445 e. The number of aliphatic hydroxyl groups is 1. The number of ether oxygens (including phenoxy) is 1. The lowest BCUT2D eigenvalue weighted by atomic mass is 9.81. The zero-order chi connectivity index (χ0) is 36.5. The van der Waals surface area contributed by atoms with Gasteiger partial charge in [-0.05, 0) is 63.1 Å². The van der Waals surface area contributed by atoms with Gasteiger partial charge in [0.05, 0.1) is 19.3 Å². The molecule has 2 heterocycles. The van der Waals surface area contributed by atoms with E-state index in [4.69, 9.17) is 25.4 Å². The van der Waals surface area contributed by atoms with Crippen LogP contribution in [0.4, 0.5) is 4.79 Å². The number of likely N-dealkylation sites (tertiary alicyclic amines) is 1. The molecule has 2 aliphatic heterocycles. The Kier molecular flexibility index (Phi) is 14.3. The Balaban J connectivity index is 1.56. The van der Waals surface area contributed by atoms with Crippen molar-refractivity contribution in [1.29, 1.82) is 0 Å². The van der Waals surface area contributed by atoms with Crippen LogP contribution in [0, 0.1) is 11.8 Å². The van der Waals surface area contributed by atoms with Crippen LogP contribution in [0.5, 0.6) is 0 Å². The summed E-state index contributed by atoms with van der Waals surface area (Å²) in [6.07, 6.45) is 4.21. The molecular formula is C34H50ClN4O10P. The highest BCUT2D eigenvalue weighted by Crippen LogP contribution is 2.54. The lowest BCUT2D eigenvalue weighted by molar-refractivity contribution is -0.135. The average Bonchev–Trinajstić information content (AvgIpc) is 3.30. The van der Waals surface area contributed by atoms with Crippen LogP contribution in [-0.4, -0.2) is 89.4 Å². The average molecular weight is 741 g/mol. The molecule has 3 unspecified atom stereocenters. The van der Waals surface area contributed by atoms with Crippen LogP contribution in [0.15, 0.2) is 24.3 Å². The highest BCUT2D eigenvalue weighted by Gasteiger charge is 2.55. The van der Waals surface area contributed by atoms with E-state index < -0.39 is 67.1 Å². The Bertz CT molecular complexity index is 1420. The van der Waals surface area contributed by atoms with E-state index in [1.165, 1.54) is 6.92 Å². The van der Waals surface area contributed by atoms with Gasteiger partial charge in [0, 0.05) is 25.0 Å². The molecule has 1 aromatic rings. The molecule has 278 valence electrons. The van der Waals surface area contributed by atoms with Crippen molar-refractivity contribution in [3.05, 3.63) is 34.9 Å². The van der Waals surface area contributed by atoms with Crippen LogP contribution in [0.2, 0.25) is 5.02 Å². The van der Waals surface area contributed by atoms with Crippen molar-refractivity contribution in [2.45, 2.75) is 109 Å². The Morgan fingerprint density at radius 3 is 2.32 bits per heavy atom. The van der Waals surface area contributed by atoms with Crippen LogP contribution in [0.1, 0.15) is 84.1 Å². The molecule has 2 saturated heterocycles. The number of piperidine rings is 1. The Morgan fingerprint density at radius 1 is 1.06 bits per heavy atom. The number of carbonyl (C=O) groups excluding carboxylic acids is 5. The number of hydrogen-bond acceptors (Lipinski definition) is 10. The summed E-state index contributed by atoms with van der Waals surface area (Å²) in [5.74, 6) is -5.00. The second-order valence-electron chi connectivity index (χ2n) is 13.3. The van der Waals surface area contributed by atoms with Crippen molar-refractivity contribution in [1.82, 2.24) is 20.9 Å². The van der Waals surface area contributed by atoms with Gasteiger partial charge < -0.3 is 39.7 Å². The summed E-state index contributed by atoms with van der Waals surface area (Å²) < 4.78 is 30.0. The number of ketones is 1. The summed E-state index contributed by atoms with van der Waals surface area (Å²) in [4.78, 5) is 67.8. The molecule has 50 heavy (non-hydrogen) atoms. The lowest BCUT2D eigenvalue weighted by Gasteiger charge is -2.37. The van der Waals surface area contributed by atoms with E-state index in [9.17, 15) is 33.6 Å². The van der Waals surface area contributed by atoms with Crippen LogP contribution in [0.3, 0.4) is 0 Å². The zero-order valence-electron chi connectivity index (χ0n) is 29.0. The minimum atomic E-state index is -4.29. The number of halogens is 1. The second kappa shape index (κ2) is 17.9. The molecule has 0 aromatic heterocycles. The fourth-order valence-electron chi connectivity index (χ4n) is 7.14. The number of benzene rings is 1. The van der Waals surface area contributed by atoms with Gasteiger partial charge in [0.2, 0.25) is 17.7 Å². The van der Waals surface area contributed by atoms with Gasteiger partial charge in [0.25, 0.3) is 0 Å². The first kappa shape index (κ1) is 39.8. The summed E-state index contributed by atoms with van der Waals surface area (Å²) in [6.45, 7) is 4.87. The number of rotatable bonds is 15. The molecular weight excluding hydrogens is 691 g/mol. The molecule has 4 amide bonds. The first-order valence-electron chi connectivity index (χ1n) is 17.5. The largest absolute Gasteiger partial charge is 0.445 e. The van der Waals surface area contributed by atoms with Crippen molar-refractivity contribution in [2.24, 2.45) is 11.8 Å². The number of Topliss-reactive ketones (excluding diaryl/α,β-unsaturated/α-hetero) is 1. The van der Waals surface area contributed by atoms with Gasteiger partial charge in [-0.25, -0.2) is 4.79 Å². The molecule has 14 nitrogen and oxygen atoms in total. The van der Waals surface area contributed by atoms with Crippen molar-refractivity contribution < 1.29 is 47.4 Å². The van der Waals surface area contributed by atoms with E-state index >= 15 is 0 Å². The van der Waals surface area contributed by atoms with Gasteiger partial charge in [0.1, 0.15) is 24.1 Å². The normalized spacial score (nSPS) is 21.3. The second-order valence-corrected chi connectivity index (χ2v) is 15.8. The molecule has 1 aromatic carbocycles. The van der Waals surface area contributed by atoms with E-state index in [0.29, 0.717) is 10.6 Å². The molecule has 3 aliphatic rings. The van der Waals surface area contributed by atoms with Crippen LogP contribution < -0.4 is 16.0 Å².